The molecule has 5 heteroatoms. The normalized spacial score (nSPS) is 25.6. The van der Waals surface area contributed by atoms with Gasteiger partial charge in [-0.05, 0) is 47.7 Å². The Balaban J connectivity index is 1.38. The zero-order valence-electron chi connectivity index (χ0n) is 19.5. The van der Waals surface area contributed by atoms with Crippen molar-refractivity contribution in [2.24, 2.45) is 0 Å². The smallest absolute Gasteiger partial charge is 0.338 e. The molecule has 0 N–H and O–H groups in total. The Morgan fingerprint density at radius 3 is 2.59 bits per heavy atom. The summed E-state index contributed by atoms with van der Waals surface area (Å²) >= 11 is 0. The van der Waals surface area contributed by atoms with Crippen LogP contribution in [0.1, 0.15) is 55.1 Å². The summed E-state index contributed by atoms with van der Waals surface area (Å²) in [5.41, 5.74) is 4.01. The van der Waals surface area contributed by atoms with E-state index >= 15 is 0 Å². The monoisotopic (exact) mass is 433 g/mol. The fourth-order valence-electron chi connectivity index (χ4n) is 5.27. The van der Waals surface area contributed by atoms with Crippen LogP contribution in [0.2, 0.25) is 0 Å². The molecule has 1 unspecified atom stereocenters. The molecule has 32 heavy (non-hydrogen) atoms. The Labute approximate surface area is 190 Å². The first-order valence-electron chi connectivity index (χ1n) is 11.3. The van der Waals surface area contributed by atoms with Gasteiger partial charge in [-0.15, -0.1) is 0 Å². The van der Waals surface area contributed by atoms with E-state index in [-0.39, 0.29) is 29.0 Å². The number of benzene rings is 2. The number of carbonyl (C=O) groups is 1. The lowest BCUT2D eigenvalue weighted by Crippen LogP contribution is -2.47. The number of nitrogens with zero attached hydrogens (tertiary/aromatic N) is 1. The first kappa shape index (κ1) is 20.9. The van der Waals surface area contributed by atoms with Gasteiger partial charge in [-0.25, -0.2) is 4.79 Å². The van der Waals surface area contributed by atoms with E-state index < -0.39 is 0 Å². The minimum Gasteiger partial charge on any atom is -0.493 e. The van der Waals surface area contributed by atoms with Crippen molar-refractivity contribution in [3.8, 4) is 11.5 Å². The van der Waals surface area contributed by atoms with Crippen LogP contribution in [0.25, 0.3) is 0 Å². The number of carbonyl (C=O) groups excluding carboxylic acids is 1. The van der Waals surface area contributed by atoms with Crippen LogP contribution in [0.3, 0.4) is 0 Å². The lowest BCUT2D eigenvalue weighted by atomic mass is 9.67. The van der Waals surface area contributed by atoms with Crippen molar-refractivity contribution in [3.63, 3.8) is 0 Å². The molecule has 1 aliphatic carbocycles. The Morgan fingerprint density at radius 2 is 1.91 bits per heavy atom. The van der Waals surface area contributed by atoms with Crippen LogP contribution in [0, 0.1) is 0 Å². The summed E-state index contributed by atoms with van der Waals surface area (Å²) < 4.78 is 17.9. The molecule has 0 bridgehead atoms. The minimum atomic E-state index is -0.316. The Kier molecular flexibility index (Phi) is 4.77. The van der Waals surface area contributed by atoms with E-state index in [1.807, 2.05) is 36.4 Å². The molecule has 1 spiro atoms. The van der Waals surface area contributed by atoms with Crippen molar-refractivity contribution < 1.29 is 19.0 Å². The van der Waals surface area contributed by atoms with Crippen LogP contribution in [0.15, 0.2) is 48.6 Å². The van der Waals surface area contributed by atoms with Gasteiger partial charge in [0.1, 0.15) is 12.2 Å². The predicted octanol–water partition coefficient (Wildman–Crippen LogP) is 5.02. The molecule has 3 aliphatic rings. The Hall–Kier alpha value is -2.95. The van der Waals surface area contributed by atoms with E-state index in [2.05, 4.69) is 44.9 Å². The summed E-state index contributed by atoms with van der Waals surface area (Å²) in [5, 5.41) is 0. The molecular formula is C27H31NO4. The van der Waals surface area contributed by atoms with Gasteiger partial charge in [0.25, 0.3) is 0 Å². The molecule has 0 fully saturated rings. The highest BCUT2D eigenvalue weighted by Gasteiger charge is 2.54. The summed E-state index contributed by atoms with van der Waals surface area (Å²) in [6, 6.07) is 11.8. The number of anilines is 1. The minimum absolute atomic E-state index is 0.0473. The van der Waals surface area contributed by atoms with Crippen molar-refractivity contribution >= 4 is 11.7 Å². The molecule has 0 radical (unpaired) electrons. The summed E-state index contributed by atoms with van der Waals surface area (Å²) in [6.45, 7) is 7.43. The lowest BCUT2D eigenvalue weighted by molar-refractivity contribution is 0.0221. The Morgan fingerprint density at radius 1 is 1.16 bits per heavy atom. The van der Waals surface area contributed by atoms with Crippen molar-refractivity contribution in [2.45, 2.75) is 56.7 Å². The van der Waals surface area contributed by atoms with Crippen LogP contribution in [-0.4, -0.2) is 38.9 Å². The van der Waals surface area contributed by atoms with Gasteiger partial charge in [-0.1, -0.05) is 39.0 Å². The molecule has 0 saturated carbocycles. The number of esters is 1. The predicted molar refractivity (Wildman–Crippen MR) is 125 cm³/mol. The quantitative estimate of drug-likeness (QED) is 0.503. The summed E-state index contributed by atoms with van der Waals surface area (Å²) in [6.07, 6.45) is 5.46. The highest BCUT2D eigenvalue weighted by atomic mass is 16.6. The van der Waals surface area contributed by atoms with Crippen LogP contribution in [0.4, 0.5) is 5.69 Å². The van der Waals surface area contributed by atoms with Crippen molar-refractivity contribution in [1.29, 1.82) is 0 Å². The average molecular weight is 434 g/mol. The lowest BCUT2D eigenvalue weighted by Gasteiger charge is -2.42. The first-order valence-corrected chi connectivity index (χ1v) is 11.3. The van der Waals surface area contributed by atoms with E-state index in [0.717, 1.165) is 24.5 Å². The van der Waals surface area contributed by atoms with Crippen molar-refractivity contribution in [1.82, 2.24) is 0 Å². The van der Waals surface area contributed by atoms with Gasteiger partial charge in [0, 0.05) is 31.3 Å². The van der Waals surface area contributed by atoms with Crippen LogP contribution in [-0.2, 0) is 15.6 Å². The van der Waals surface area contributed by atoms with Gasteiger partial charge in [-0.2, -0.15) is 0 Å². The third-order valence-corrected chi connectivity index (χ3v) is 7.19. The SMILES string of the molecule is COc1ccc2c3c1OC1C[C@@H](OC(=O)c4ccc(C(C)(C)C)cc4)C=C[C@@]31CCN2C. The maximum atomic E-state index is 12.8. The van der Waals surface area contributed by atoms with E-state index in [0.29, 0.717) is 12.0 Å². The fourth-order valence-corrected chi connectivity index (χ4v) is 5.27. The molecule has 2 aromatic carbocycles. The second-order valence-electron chi connectivity index (χ2n) is 10.2. The number of methoxy groups -OCH3 is 1. The molecule has 0 aromatic heterocycles. The standard InChI is InChI=1S/C27H31NO4/c1-26(2,3)18-8-6-17(7-9-18)25(29)31-19-12-13-27-14-15-28(4)20-10-11-21(30-5)24(23(20)27)32-22(27)16-19/h6-13,19,22H,14-16H2,1-5H3/t19-,22?,27-/m0/s1. The average Bonchev–Trinajstić information content (AvgIpc) is 3.11. The number of ether oxygens (including phenoxy) is 3. The third kappa shape index (κ3) is 3.17. The van der Waals surface area contributed by atoms with Crippen LogP contribution < -0.4 is 14.4 Å². The molecule has 0 amide bonds. The highest BCUT2D eigenvalue weighted by Crippen LogP contribution is 2.58. The van der Waals surface area contributed by atoms with Gasteiger partial charge in [0.05, 0.1) is 18.1 Å². The zero-order valence-corrected chi connectivity index (χ0v) is 19.5. The largest absolute Gasteiger partial charge is 0.493 e. The van der Waals surface area contributed by atoms with E-state index in [4.69, 9.17) is 14.2 Å². The van der Waals surface area contributed by atoms with Gasteiger partial charge in [0.2, 0.25) is 0 Å². The number of rotatable bonds is 3. The summed E-state index contributed by atoms with van der Waals surface area (Å²) in [7, 11) is 3.79. The maximum Gasteiger partial charge on any atom is 0.338 e. The van der Waals surface area contributed by atoms with Gasteiger partial charge >= 0.3 is 5.97 Å². The molecule has 2 aromatic rings. The topological polar surface area (TPSA) is 48.0 Å². The molecule has 5 rings (SSSR count). The van der Waals surface area contributed by atoms with E-state index in [9.17, 15) is 4.79 Å². The molecule has 2 aliphatic heterocycles. The van der Waals surface area contributed by atoms with Crippen LogP contribution >= 0.6 is 0 Å². The maximum absolute atomic E-state index is 12.8. The highest BCUT2D eigenvalue weighted by molar-refractivity contribution is 5.89. The van der Waals surface area contributed by atoms with Crippen molar-refractivity contribution in [3.05, 3.63) is 65.2 Å². The zero-order chi connectivity index (χ0) is 22.7. The van der Waals surface area contributed by atoms with Gasteiger partial charge < -0.3 is 19.1 Å². The van der Waals surface area contributed by atoms with E-state index in [1.54, 1.807) is 7.11 Å². The number of hydrogen-bond acceptors (Lipinski definition) is 5. The molecule has 2 heterocycles. The molecule has 3 atom stereocenters. The molecule has 168 valence electrons. The van der Waals surface area contributed by atoms with Gasteiger partial charge in [-0.3, -0.25) is 0 Å². The third-order valence-electron chi connectivity index (χ3n) is 7.19. The first-order chi connectivity index (χ1) is 15.2. The van der Waals surface area contributed by atoms with Crippen molar-refractivity contribution in [2.75, 3.05) is 25.6 Å². The molecule has 5 nitrogen and oxygen atoms in total. The fraction of sp³-hybridized carbons (Fsp3) is 0.444. The summed E-state index contributed by atoms with van der Waals surface area (Å²) in [5.74, 6) is 1.29. The molecular weight excluding hydrogens is 402 g/mol. The Bertz CT molecular complexity index is 1080. The number of hydrogen-bond donors (Lipinski definition) is 0. The molecule has 0 saturated heterocycles. The summed E-state index contributed by atoms with van der Waals surface area (Å²) in [4.78, 5) is 15.1. The van der Waals surface area contributed by atoms with Crippen LogP contribution in [0.5, 0.6) is 11.5 Å². The second-order valence-corrected chi connectivity index (χ2v) is 10.2. The van der Waals surface area contributed by atoms with E-state index in [1.165, 1.54) is 16.8 Å². The second kappa shape index (κ2) is 7.29. The van der Waals surface area contributed by atoms with Gasteiger partial charge in [0.15, 0.2) is 11.5 Å².